The van der Waals surface area contributed by atoms with E-state index in [0.717, 1.165) is 26.0 Å². The summed E-state index contributed by atoms with van der Waals surface area (Å²) < 4.78 is 7.39. The van der Waals surface area contributed by atoms with E-state index in [0.29, 0.717) is 11.7 Å². The molecular weight excluding hydrogens is 204 g/mol. The molecule has 1 aliphatic rings. The van der Waals surface area contributed by atoms with E-state index in [1.807, 2.05) is 10.9 Å². The number of aryl methyl sites for hydroxylation is 1. The van der Waals surface area contributed by atoms with Crippen LogP contribution in [0.15, 0.2) is 12.4 Å². The van der Waals surface area contributed by atoms with E-state index >= 15 is 0 Å². The number of aromatic nitrogens is 2. The standard InChI is InChI=1S/C12H18N2O2/c1-10(15)11-8-13-14(9-11)6-2-4-12-5-3-7-16-12/h8-9,12H,2-7H2,1H3. The van der Waals surface area contributed by atoms with Crippen molar-refractivity contribution in [2.75, 3.05) is 6.61 Å². The summed E-state index contributed by atoms with van der Waals surface area (Å²) >= 11 is 0. The van der Waals surface area contributed by atoms with Gasteiger partial charge in [0.25, 0.3) is 0 Å². The molecular formula is C12H18N2O2. The molecule has 4 nitrogen and oxygen atoms in total. The maximum Gasteiger partial charge on any atom is 0.162 e. The Labute approximate surface area is 95.6 Å². The minimum atomic E-state index is 0.0744. The second kappa shape index (κ2) is 5.25. The van der Waals surface area contributed by atoms with Gasteiger partial charge in [-0.2, -0.15) is 5.10 Å². The molecule has 88 valence electrons. The highest BCUT2D eigenvalue weighted by Crippen LogP contribution is 2.17. The Morgan fingerprint density at radius 2 is 2.56 bits per heavy atom. The van der Waals surface area contributed by atoms with Gasteiger partial charge < -0.3 is 4.74 Å². The zero-order valence-corrected chi connectivity index (χ0v) is 9.69. The molecule has 1 aromatic heterocycles. The van der Waals surface area contributed by atoms with Crippen molar-refractivity contribution >= 4 is 5.78 Å². The van der Waals surface area contributed by atoms with Crippen LogP contribution in [-0.2, 0) is 11.3 Å². The summed E-state index contributed by atoms with van der Waals surface area (Å²) in [6.45, 7) is 3.35. The molecule has 1 unspecified atom stereocenters. The molecule has 2 heterocycles. The van der Waals surface area contributed by atoms with E-state index in [4.69, 9.17) is 4.74 Å². The number of rotatable bonds is 5. The lowest BCUT2D eigenvalue weighted by molar-refractivity contribution is 0.100. The van der Waals surface area contributed by atoms with Crippen molar-refractivity contribution in [1.29, 1.82) is 0 Å². The van der Waals surface area contributed by atoms with E-state index in [9.17, 15) is 4.79 Å². The Hall–Kier alpha value is -1.16. The third kappa shape index (κ3) is 2.92. The summed E-state index contributed by atoms with van der Waals surface area (Å²) in [5.41, 5.74) is 0.692. The van der Waals surface area contributed by atoms with Crippen LogP contribution in [0.4, 0.5) is 0 Å². The summed E-state index contributed by atoms with van der Waals surface area (Å²) in [6.07, 6.45) is 8.44. The molecule has 0 aromatic carbocycles. The maximum atomic E-state index is 11.1. The molecule has 0 saturated carbocycles. The summed E-state index contributed by atoms with van der Waals surface area (Å²) in [5, 5.41) is 4.16. The van der Waals surface area contributed by atoms with Gasteiger partial charge in [-0.3, -0.25) is 9.48 Å². The number of nitrogens with zero attached hydrogens (tertiary/aromatic N) is 2. The van der Waals surface area contributed by atoms with Crippen molar-refractivity contribution in [3.63, 3.8) is 0 Å². The van der Waals surface area contributed by atoms with Gasteiger partial charge in [-0.05, 0) is 32.6 Å². The molecule has 1 saturated heterocycles. The topological polar surface area (TPSA) is 44.1 Å². The fourth-order valence-electron chi connectivity index (χ4n) is 2.02. The van der Waals surface area contributed by atoms with Crippen molar-refractivity contribution in [2.45, 2.75) is 45.3 Å². The smallest absolute Gasteiger partial charge is 0.162 e. The summed E-state index contributed by atoms with van der Waals surface area (Å²) in [7, 11) is 0. The van der Waals surface area contributed by atoms with Gasteiger partial charge in [0, 0.05) is 19.3 Å². The number of ketones is 1. The van der Waals surface area contributed by atoms with Gasteiger partial charge >= 0.3 is 0 Å². The van der Waals surface area contributed by atoms with E-state index in [1.165, 1.54) is 12.8 Å². The third-order valence-electron chi connectivity index (χ3n) is 2.98. The first-order valence-corrected chi connectivity index (χ1v) is 5.90. The molecule has 16 heavy (non-hydrogen) atoms. The monoisotopic (exact) mass is 222 g/mol. The molecule has 0 bridgehead atoms. The number of carbonyl (C=O) groups excluding carboxylic acids is 1. The lowest BCUT2D eigenvalue weighted by Gasteiger charge is -2.08. The molecule has 0 aliphatic carbocycles. The fourth-order valence-corrected chi connectivity index (χ4v) is 2.02. The molecule has 0 radical (unpaired) electrons. The molecule has 0 N–H and O–H groups in total. The van der Waals surface area contributed by atoms with Crippen LogP contribution in [0.25, 0.3) is 0 Å². The lowest BCUT2D eigenvalue weighted by atomic mass is 10.1. The van der Waals surface area contributed by atoms with Crippen molar-refractivity contribution in [3.05, 3.63) is 18.0 Å². The number of Topliss-reactive ketones (excluding diaryl/α,β-unsaturated/α-hetero) is 1. The summed E-state index contributed by atoms with van der Waals surface area (Å²) in [6, 6.07) is 0. The normalized spacial score (nSPS) is 20.2. The number of carbonyl (C=O) groups is 1. The van der Waals surface area contributed by atoms with Gasteiger partial charge in [0.05, 0.1) is 17.9 Å². The van der Waals surface area contributed by atoms with Crippen molar-refractivity contribution < 1.29 is 9.53 Å². The number of hydrogen-bond acceptors (Lipinski definition) is 3. The maximum absolute atomic E-state index is 11.1. The highest BCUT2D eigenvalue weighted by molar-refractivity contribution is 5.93. The third-order valence-corrected chi connectivity index (χ3v) is 2.98. The van der Waals surface area contributed by atoms with Crippen LogP contribution in [0.1, 0.15) is 43.0 Å². The molecule has 2 rings (SSSR count). The minimum absolute atomic E-state index is 0.0744. The van der Waals surface area contributed by atoms with Crippen molar-refractivity contribution in [3.8, 4) is 0 Å². The van der Waals surface area contributed by atoms with Crippen LogP contribution in [0.2, 0.25) is 0 Å². The van der Waals surface area contributed by atoms with Gasteiger partial charge in [0.2, 0.25) is 0 Å². The first-order valence-electron chi connectivity index (χ1n) is 5.90. The zero-order chi connectivity index (χ0) is 11.4. The lowest BCUT2D eigenvalue weighted by Crippen LogP contribution is -2.07. The molecule has 4 heteroatoms. The van der Waals surface area contributed by atoms with E-state index in [-0.39, 0.29) is 5.78 Å². The van der Waals surface area contributed by atoms with Crippen LogP contribution in [0.3, 0.4) is 0 Å². The number of ether oxygens (including phenoxy) is 1. The number of hydrogen-bond donors (Lipinski definition) is 0. The quantitative estimate of drug-likeness (QED) is 0.716. The van der Waals surface area contributed by atoms with Crippen molar-refractivity contribution in [1.82, 2.24) is 9.78 Å². The summed E-state index contributed by atoms with van der Waals surface area (Å²) in [4.78, 5) is 11.1. The zero-order valence-electron chi connectivity index (χ0n) is 9.69. The van der Waals surface area contributed by atoms with E-state index in [2.05, 4.69) is 5.10 Å². The van der Waals surface area contributed by atoms with Crippen LogP contribution in [-0.4, -0.2) is 28.3 Å². The SMILES string of the molecule is CC(=O)c1cnn(CCCC2CCCO2)c1. The van der Waals surface area contributed by atoms with Crippen molar-refractivity contribution in [2.24, 2.45) is 0 Å². The summed E-state index contributed by atoms with van der Waals surface area (Å²) in [5.74, 6) is 0.0744. The largest absolute Gasteiger partial charge is 0.378 e. The first kappa shape index (κ1) is 11.3. The second-order valence-corrected chi connectivity index (χ2v) is 4.33. The van der Waals surface area contributed by atoms with E-state index < -0.39 is 0 Å². The Morgan fingerprint density at radius 1 is 1.69 bits per heavy atom. The van der Waals surface area contributed by atoms with Crippen LogP contribution < -0.4 is 0 Å². The second-order valence-electron chi connectivity index (χ2n) is 4.33. The van der Waals surface area contributed by atoms with E-state index in [1.54, 1.807) is 13.1 Å². The molecule has 1 aliphatic heterocycles. The Morgan fingerprint density at radius 3 is 3.19 bits per heavy atom. The van der Waals surface area contributed by atoms with Crippen LogP contribution >= 0.6 is 0 Å². The average molecular weight is 222 g/mol. The highest BCUT2D eigenvalue weighted by Gasteiger charge is 2.14. The predicted octanol–water partition coefficient (Wildman–Crippen LogP) is 2.04. The van der Waals surface area contributed by atoms with Gasteiger partial charge in [-0.25, -0.2) is 0 Å². The Balaban J connectivity index is 1.74. The van der Waals surface area contributed by atoms with Crippen LogP contribution in [0, 0.1) is 0 Å². The predicted molar refractivity (Wildman–Crippen MR) is 60.4 cm³/mol. The van der Waals surface area contributed by atoms with Gasteiger partial charge in [0.15, 0.2) is 5.78 Å². The fraction of sp³-hybridized carbons (Fsp3) is 0.667. The minimum Gasteiger partial charge on any atom is -0.378 e. The highest BCUT2D eigenvalue weighted by atomic mass is 16.5. The van der Waals surface area contributed by atoms with Gasteiger partial charge in [-0.15, -0.1) is 0 Å². The molecule has 1 aromatic rings. The Kier molecular flexibility index (Phi) is 3.72. The molecule has 0 amide bonds. The molecule has 0 spiro atoms. The van der Waals surface area contributed by atoms with Crippen LogP contribution in [0.5, 0.6) is 0 Å². The molecule has 1 atom stereocenters. The molecule has 1 fully saturated rings. The average Bonchev–Trinajstić information content (AvgIpc) is 2.87. The first-order chi connectivity index (χ1) is 7.75. The Bertz CT molecular complexity index is 354. The van der Waals surface area contributed by atoms with Gasteiger partial charge in [-0.1, -0.05) is 0 Å². The van der Waals surface area contributed by atoms with Gasteiger partial charge in [0.1, 0.15) is 0 Å².